The molecule has 11 rings (SSSR count). The SMILES string of the molecule is CC1CCC2(CC1)CCC1(CC2)CC2(CCCC3(CCC4(CCC4CC4CCC4)CC3)C2)CC2(CCCC3(CCC4(CCC4CC4CCC4)CC3)C2)C1. The first-order valence-corrected chi connectivity index (χ1v) is 25.7. The van der Waals surface area contributed by atoms with Gasteiger partial charge < -0.3 is 0 Å². The van der Waals surface area contributed by atoms with Crippen molar-refractivity contribution in [3.63, 3.8) is 0 Å². The highest BCUT2D eigenvalue weighted by Crippen LogP contribution is 2.75. The molecule has 298 valence electrons. The molecule has 0 aromatic carbocycles. The largest absolute Gasteiger partial charge is 0.0625 e. The molecule has 4 unspecified atom stereocenters. The quantitative estimate of drug-likeness (QED) is 0.271. The van der Waals surface area contributed by atoms with Crippen molar-refractivity contribution in [1.82, 2.24) is 0 Å². The molecule has 0 aromatic heterocycles. The van der Waals surface area contributed by atoms with Gasteiger partial charge in [-0.2, -0.15) is 0 Å². The normalized spacial score (nSPS) is 54.4. The molecule has 8 spiro atoms. The molecule has 0 N–H and O–H groups in total. The van der Waals surface area contributed by atoms with Crippen LogP contribution in [0.4, 0.5) is 0 Å². The van der Waals surface area contributed by atoms with Gasteiger partial charge in [-0.05, 0) is 259 Å². The Balaban J connectivity index is 0.834. The molecule has 4 atom stereocenters. The first-order chi connectivity index (χ1) is 25.7. The van der Waals surface area contributed by atoms with Gasteiger partial charge in [-0.3, -0.25) is 0 Å². The second-order valence-electron chi connectivity index (χ2n) is 26.0. The Labute approximate surface area is 329 Å². The zero-order valence-corrected chi connectivity index (χ0v) is 35.5. The summed E-state index contributed by atoms with van der Waals surface area (Å²) in [5, 5.41) is 0. The number of hydrogen-bond donors (Lipinski definition) is 0. The van der Waals surface area contributed by atoms with Gasteiger partial charge in [0.15, 0.2) is 0 Å². The summed E-state index contributed by atoms with van der Waals surface area (Å²) in [6.45, 7) is 2.56. The molecule has 11 fully saturated rings. The fourth-order valence-electron chi connectivity index (χ4n) is 19.6. The van der Waals surface area contributed by atoms with Crippen LogP contribution in [0.1, 0.15) is 257 Å². The third kappa shape index (κ3) is 6.27. The van der Waals surface area contributed by atoms with E-state index in [0.717, 1.165) is 56.7 Å². The summed E-state index contributed by atoms with van der Waals surface area (Å²) in [5.74, 6) is 5.51. The zero-order chi connectivity index (χ0) is 35.5. The minimum absolute atomic E-state index is 0.702. The lowest BCUT2D eigenvalue weighted by Gasteiger charge is -2.67. The molecule has 11 aliphatic carbocycles. The Kier molecular flexibility index (Phi) is 8.86. The van der Waals surface area contributed by atoms with Crippen LogP contribution >= 0.6 is 0 Å². The van der Waals surface area contributed by atoms with Crippen molar-refractivity contribution in [2.75, 3.05) is 0 Å². The Bertz CT molecular complexity index is 1230. The highest BCUT2D eigenvalue weighted by Gasteiger charge is 2.63. The molecular formula is C53H86. The maximum absolute atomic E-state index is 2.56. The summed E-state index contributed by atoms with van der Waals surface area (Å²) >= 11 is 0. The maximum atomic E-state index is 2.56. The van der Waals surface area contributed by atoms with Gasteiger partial charge in [0.25, 0.3) is 0 Å². The average molecular weight is 723 g/mol. The fraction of sp³-hybridized carbons (Fsp3) is 1.00. The van der Waals surface area contributed by atoms with E-state index in [-0.39, 0.29) is 0 Å². The molecule has 11 saturated carbocycles. The molecule has 0 bridgehead atoms. The van der Waals surface area contributed by atoms with E-state index in [1.165, 1.54) is 12.8 Å². The lowest BCUT2D eigenvalue weighted by atomic mass is 9.38. The van der Waals surface area contributed by atoms with E-state index in [9.17, 15) is 0 Å². The van der Waals surface area contributed by atoms with Gasteiger partial charge >= 0.3 is 0 Å². The highest BCUT2D eigenvalue weighted by atomic mass is 14.7. The van der Waals surface area contributed by atoms with Crippen LogP contribution in [0.3, 0.4) is 0 Å². The van der Waals surface area contributed by atoms with E-state index >= 15 is 0 Å². The Morgan fingerprint density at radius 3 is 1.08 bits per heavy atom. The predicted octanol–water partition coefficient (Wildman–Crippen LogP) is 16.3. The zero-order valence-electron chi connectivity index (χ0n) is 35.5. The van der Waals surface area contributed by atoms with Crippen molar-refractivity contribution < 1.29 is 0 Å². The van der Waals surface area contributed by atoms with Gasteiger partial charge in [-0.1, -0.05) is 71.1 Å². The summed E-state index contributed by atoms with van der Waals surface area (Å²) < 4.78 is 0. The molecule has 11 aliphatic rings. The third-order valence-electron chi connectivity index (χ3n) is 23.3. The monoisotopic (exact) mass is 723 g/mol. The third-order valence-corrected chi connectivity index (χ3v) is 23.3. The van der Waals surface area contributed by atoms with Crippen molar-refractivity contribution in [1.29, 1.82) is 0 Å². The van der Waals surface area contributed by atoms with Crippen LogP contribution < -0.4 is 0 Å². The Morgan fingerprint density at radius 1 is 0.302 bits per heavy atom. The summed E-state index contributed by atoms with van der Waals surface area (Å²) in [4.78, 5) is 0. The van der Waals surface area contributed by atoms with Gasteiger partial charge in [0, 0.05) is 0 Å². The van der Waals surface area contributed by atoms with E-state index in [1.807, 2.05) is 0 Å². The Hall–Kier alpha value is 0. The minimum Gasteiger partial charge on any atom is -0.0625 e. The summed E-state index contributed by atoms with van der Waals surface area (Å²) in [7, 11) is 0. The summed E-state index contributed by atoms with van der Waals surface area (Å²) in [6, 6.07) is 0. The second kappa shape index (κ2) is 13.0. The van der Waals surface area contributed by atoms with Crippen LogP contribution in [0.25, 0.3) is 0 Å². The molecule has 0 aromatic rings. The first-order valence-electron chi connectivity index (χ1n) is 25.7. The van der Waals surface area contributed by atoms with Gasteiger partial charge in [0.05, 0.1) is 0 Å². The van der Waals surface area contributed by atoms with Crippen molar-refractivity contribution in [3.05, 3.63) is 0 Å². The van der Waals surface area contributed by atoms with Crippen LogP contribution in [-0.4, -0.2) is 0 Å². The fourth-order valence-corrected chi connectivity index (χ4v) is 19.6. The van der Waals surface area contributed by atoms with E-state index in [0.29, 0.717) is 16.2 Å². The van der Waals surface area contributed by atoms with Gasteiger partial charge in [-0.15, -0.1) is 0 Å². The molecule has 0 heteroatoms. The highest BCUT2D eigenvalue weighted by molar-refractivity contribution is 5.14. The average Bonchev–Trinajstić information content (AvgIpc) is 3.09. The van der Waals surface area contributed by atoms with Crippen molar-refractivity contribution in [2.45, 2.75) is 257 Å². The first kappa shape index (κ1) is 36.1. The van der Waals surface area contributed by atoms with E-state index in [4.69, 9.17) is 0 Å². The Morgan fingerprint density at radius 2 is 0.679 bits per heavy atom. The van der Waals surface area contributed by atoms with E-state index < -0.39 is 0 Å². The van der Waals surface area contributed by atoms with Crippen LogP contribution in [-0.2, 0) is 0 Å². The molecule has 0 amide bonds. The molecular weight excluding hydrogens is 637 g/mol. The van der Waals surface area contributed by atoms with Gasteiger partial charge in [-0.25, -0.2) is 0 Å². The predicted molar refractivity (Wildman–Crippen MR) is 223 cm³/mol. The van der Waals surface area contributed by atoms with Crippen LogP contribution in [0.15, 0.2) is 0 Å². The smallest absolute Gasteiger partial charge is 0.0269 e. The minimum atomic E-state index is 0.702. The van der Waals surface area contributed by atoms with Crippen LogP contribution in [0.5, 0.6) is 0 Å². The van der Waals surface area contributed by atoms with Gasteiger partial charge in [0.1, 0.15) is 0 Å². The van der Waals surface area contributed by atoms with Crippen molar-refractivity contribution in [2.24, 2.45) is 72.9 Å². The van der Waals surface area contributed by atoms with Crippen molar-refractivity contribution >= 4 is 0 Å². The molecule has 0 nitrogen and oxygen atoms in total. The lowest BCUT2D eigenvalue weighted by molar-refractivity contribution is -0.159. The maximum Gasteiger partial charge on any atom is -0.0269 e. The molecule has 53 heavy (non-hydrogen) atoms. The van der Waals surface area contributed by atoms with E-state index in [2.05, 4.69) is 6.92 Å². The van der Waals surface area contributed by atoms with E-state index in [1.54, 1.807) is 238 Å². The molecule has 0 aliphatic heterocycles. The van der Waals surface area contributed by atoms with Crippen LogP contribution in [0.2, 0.25) is 0 Å². The molecule has 0 saturated heterocycles. The van der Waals surface area contributed by atoms with Gasteiger partial charge in [0.2, 0.25) is 0 Å². The second-order valence-corrected chi connectivity index (χ2v) is 26.0. The standard InChI is InChI=1S/C53H86/c1-41-10-18-46(19-11-41)22-24-49(25-23-46)38-50(16-4-14-47(36-50)26-30-52(31-27-47)20-12-44(52)34-42-6-2-7-42)40-51(39-49)17-5-15-48(37-51)28-32-53(33-29-48)21-13-45(53)35-43-8-3-9-43/h41-45H,2-40H2,1H3. The van der Waals surface area contributed by atoms with Crippen molar-refractivity contribution in [3.8, 4) is 0 Å². The number of rotatable bonds is 4. The lowest BCUT2D eigenvalue weighted by Crippen LogP contribution is -2.55. The number of hydrogen-bond acceptors (Lipinski definition) is 0. The summed E-state index contributed by atoms with van der Waals surface area (Å²) in [6.07, 6.45) is 63.1. The molecule has 0 heterocycles. The molecule has 0 radical (unpaired) electrons. The topological polar surface area (TPSA) is 0 Å². The summed E-state index contributed by atoms with van der Waals surface area (Å²) in [5.41, 5.74) is 5.95. The van der Waals surface area contributed by atoms with Crippen LogP contribution in [0, 0.1) is 72.9 Å².